The van der Waals surface area contributed by atoms with Gasteiger partial charge in [0.15, 0.2) is 0 Å². The molecule has 0 atom stereocenters. The molecule has 0 aliphatic rings. The maximum Gasteiger partial charge on any atom is 0.255 e. The fourth-order valence-corrected chi connectivity index (χ4v) is 1.76. The van der Waals surface area contributed by atoms with Gasteiger partial charge in [0.2, 0.25) is 0 Å². The second-order valence-electron chi connectivity index (χ2n) is 3.74. The molecule has 0 aliphatic heterocycles. The van der Waals surface area contributed by atoms with Crippen molar-refractivity contribution >= 4 is 23.2 Å². The Labute approximate surface area is 114 Å². The summed E-state index contributed by atoms with van der Waals surface area (Å²) in [6, 6.07) is 12.1. The molecule has 3 nitrogen and oxygen atoms in total. The smallest absolute Gasteiger partial charge is 0.255 e. The van der Waals surface area contributed by atoms with Crippen LogP contribution >= 0.6 is 11.6 Å². The highest BCUT2D eigenvalue weighted by molar-refractivity contribution is 6.31. The largest absolute Gasteiger partial charge is 0.321 e. The molecule has 1 amide bonds. The van der Waals surface area contributed by atoms with Crippen molar-refractivity contribution in [3.05, 3.63) is 64.4 Å². The highest BCUT2D eigenvalue weighted by atomic mass is 35.5. The summed E-state index contributed by atoms with van der Waals surface area (Å²) in [4.78, 5) is 11.9. The number of carbonyl (C=O) groups is 1. The first-order valence-corrected chi connectivity index (χ1v) is 5.75. The molecular formula is C14H8ClFN2O. The number of carbonyl (C=O) groups excluding carboxylic acids is 1. The minimum absolute atomic E-state index is 0.132. The molecule has 19 heavy (non-hydrogen) atoms. The Morgan fingerprint density at radius 1 is 1.26 bits per heavy atom. The zero-order chi connectivity index (χ0) is 13.8. The standard InChI is InChI=1S/C14H8ClFN2O/c15-10-4-1-3-9(7-10)14(19)18-13-6-2-5-12(16)11(13)8-17/h1-7H,(H,18,19). The number of benzene rings is 2. The summed E-state index contributed by atoms with van der Waals surface area (Å²) in [7, 11) is 0. The van der Waals surface area contributed by atoms with Crippen LogP contribution in [0.15, 0.2) is 42.5 Å². The van der Waals surface area contributed by atoms with Crippen molar-refractivity contribution in [2.24, 2.45) is 0 Å². The van der Waals surface area contributed by atoms with Crippen LogP contribution in [0, 0.1) is 17.1 Å². The summed E-state index contributed by atoms with van der Waals surface area (Å²) >= 11 is 5.78. The second kappa shape index (κ2) is 5.51. The zero-order valence-corrected chi connectivity index (χ0v) is 10.4. The number of nitrogens with one attached hydrogen (secondary N) is 1. The van der Waals surface area contributed by atoms with E-state index in [4.69, 9.17) is 16.9 Å². The molecule has 0 aliphatic carbocycles. The van der Waals surface area contributed by atoms with Crippen LogP contribution < -0.4 is 5.32 Å². The first kappa shape index (κ1) is 13.1. The van der Waals surface area contributed by atoms with Gasteiger partial charge in [-0.25, -0.2) is 4.39 Å². The van der Waals surface area contributed by atoms with E-state index in [1.165, 1.54) is 18.2 Å². The average molecular weight is 275 g/mol. The van der Waals surface area contributed by atoms with Crippen LogP contribution in [0.2, 0.25) is 5.02 Å². The predicted molar refractivity (Wildman–Crippen MR) is 70.5 cm³/mol. The molecule has 0 spiro atoms. The van der Waals surface area contributed by atoms with Crippen molar-refractivity contribution in [1.82, 2.24) is 0 Å². The monoisotopic (exact) mass is 274 g/mol. The van der Waals surface area contributed by atoms with Gasteiger partial charge in [0.25, 0.3) is 5.91 Å². The molecule has 1 N–H and O–H groups in total. The van der Waals surface area contributed by atoms with Crippen molar-refractivity contribution in [3.8, 4) is 6.07 Å². The molecule has 0 saturated heterocycles. The van der Waals surface area contributed by atoms with Crippen LogP contribution in [0.1, 0.15) is 15.9 Å². The van der Waals surface area contributed by atoms with Gasteiger partial charge in [0, 0.05) is 10.6 Å². The number of hydrogen-bond donors (Lipinski definition) is 1. The number of nitrogens with zero attached hydrogens (tertiary/aromatic N) is 1. The third-order valence-corrected chi connectivity index (χ3v) is 2.70. The summed E-state index contributed by atoms with van der Waals surface area (Å²) in [6.07, 6.45) is 0. The number of halogens is 2. The summed E-state index contributed by atoms with van der Waals surface area (Å²) in [5.41, 5.74) is 0.269. The highest BCUT2D eigenvalue weighted by Crippen LogP contribution is 2.19. The molecule has 0 fully saturated rings. The van der Waals surface area contributed by atoms with Crippen molar-refractivity contribution in [1.29, 1.82) is 5.26 Å². The van der Waals surface area contributed by atoms with E-state index in [1.54, 1.807) is 24.3 Å². The van der Waals surface area contributed by atoms with Gasteiger partial charge in [-0.3, -0.25) is 4.79 Å². The highest BCUT2D eigenvalue weighted by Gasteiger charge is 2.12. The Hall–Kier alpha value is -2.38. The molecule has 0 bridgehead atoms. The van der Waals surface area contributed by atoms with Crippen LogP contribution in [0.4, 0.5) is 10.1 Å². The molecule has 5 heteroatoms. The number of anilines is 1. The Bertz CT molecular complexity index is 679. The van der Waals surface area contributed by atoms with E-state index in [1.807, 2.05) is 0 Å². The molecule has 0 radical (unpaired) electrons. The van der Waals surface area contributed by atoms with Crippen LogP contribution in [-0.2, 0) is 0 Å². The van der Waals surface area contributed by atoms with E-state index in [0.717, 1.165) is 6.07 Å². The van der Waals surface area contributed by atoms with E-state index >= 15 is 0 Å². The van der Waals surface area contributed by atoms with E-state index in [-0.39, 0.29) is 11.3 Å². The Balaban J connectivity index is 2.30. The van der Waals surface area contributed by atoms with Gasteiger partial charge in [-0.2, -0.15) is 5.26 Å². The van der Waals surface area contributed by atoms with Crippen molar-refractivity contribution in [2.45, 2.75) is 0 Å². The first-order chi connectivity index (χ1) is 9.11. The summed E-state index contributed by atoms with van der Waals surface area (Å²) in [6.45, 7) is 0. The summed E-state index contributed by atoms with van der Waals surface area (Å²) < 4.78 is 13.4. The van der Waals surface area contributed by atoms with Gasteiger partial charge in [-0.15, -0.1) is 0 Å². The SMILES string of the molecule is N#Cc1c(F)cccc1NC(=O)c1cccc(Cl)c1. The fourth-order valence-electron chi connectivity index (χ4n) is 1.57. The number of hydrogen-bond acceptors (Lipinski definition) is 2. The molecule has 0 unspecified atom stereocenters. The summed E-state index contributed by atoms with van der Waals surface area (Å²) in [5.74, 6) is -1.13. The Kier molecular flexibility index (Phi) is 3.79. The van der Waals surface area contributed by atoms with Crippen molar-refractivity contribution < 1.29 is 9.18 Å². The van der Waals surface area contributed by atoms with Gasteiger partial charge in [-0.05, 0) is 30.3 Å². The lowest BCUT2D eigenvalue weighted by Crippen LogP contribution is -2.13. The molecule has 2 aromatic rings. The maximum atomic E-state index is 13.4. The minimum atomic E-state index is -0.675. The Morgan fingerprint density at radius 3 is 2.68 bits per heavy atom. The normalized spacial score (nSPS) is 9.74. The molecule has 0 saturated carbocycles. The molecule has 94 valence electrons. The van der Waals surface area contributed by atoms with Crippen molar-refractivity contribution in [2.75, 3.05) is 5.32 Å². The van der Waals surface area contributed by atoms with Crippen LogP contribution in [0.25, 0.3) is 0 Å². The molecular weight excluding hydrogens is 267 g/mol. The first-order valence-electron chi connectivity index (χ1n) is 5.37. The fraction of sp³-hybridized carbons (Fsp3) is 0. The van der Waals surface area contributed by atoms with Crippen molar-refractivity contribution in [3.63, 3.8) is 0 Å². The van der Waals surface area contributed by atoms with Crippen LogP contribution in [0.3, 0.4) is 0 Å². The van der Waals surface area contributed by atoms with E-state index < -0.39 is 11.7 Å². The molecule has 2 aromatic carbocycles. The lowest BCUT2D eigenvalue weighted by Gasteiger charge is -2.07. The lowest BCUT2D eigenvalue weighted by molar-refractivity contribution is 0.102. The third kappa shape index (κ3) is 2.90. The molecule has 0 aromatic heterocycles. The molecule has 2 rings (SSSR count). The van der Waals surface area contributed by atoms with Gasteiger partial charge >= 0.3 is 0 Å². The van der Waals surface area contributed by atoms with Gasteiger partial charge in [0.05, 0.1) is 5.69 Å². The van der Waals surface area contributed by atoms with Gasteiger partial charge < -0.3 is 5.32 Å². The maximum absolute atomic E-state index is 13.4. The predicted octanol–water partition coefficient (Wildman–Crippen LogP) is 3.60. The quantitative estimate of drug-likeness (QED) is 0.909. The lowest BCUT2D eigenvalue weighted by atomic mass is 10.1. The second-order valence-corrected chi connectivity index (χ2v) is 4.18. The average Bonchev–Trinajstić information content (AvgIpc) is 2.39. The Morgan fingerprint density at radius 2 is 2.00 bits per heavy atom. The van der Waals surface area contributed by atoms with Gasteiger partial charge in [0.1, 0.15) is 17.4 Å². The van der Waals surface area contributed by atoms with E-state index in [0.29, 0.717) is 10.6 Å². The number of nitriles is 1. The topological polar surface area (TPSA) is 52.9 Å². The van der Waals surface area contributed by atoms with Crippen LogP contribution in [0.5, 0.6) is 0 Å². The van der Waals surface area contributed by atoms with Crippen LogP contribution in [-0.4, -0.2) is 5.91 Å². The number of amides is 1. The third-order valence-electron chi connectivity index (χ3n) is 2.46. The van der Waals surface area contributed by atoms with E-state index in [2.05, 4.69) is 5.32 Å². The minimum Gasteiger partial charge on any atom is -0.321 e. The summed E-state index contributed by atoms with van der Waals surface area (Å²) in [5, 5.41) is 11.8. The zero-order valence-electron chi connectivity index (χ0n) is 9.65. The van der Waals surface area contributed by atoms with E-state index in [9.17, 15) is 9.18 Å². The number of rotatable bonds is 2. The van der Waals surface area contributed by atoms with Gasteiger partial charge in [-0.1, -0.05) is 23.7 Å². The molecule has 0 heterocycles.